The van der Waals surface area contributed by atoms with Gasteiger partial charge in [-0.3, -0.25) is 14.5 Å². The van der Waals surface area contributed by atoms with Gasteiger partial charge in [-0.1, -0.05) is 42.5 Å². The molecule has 1 aliphatic carbocycles. The van der Waals surface area contributed by atoms with Gasteiger partial charge in [0.15, 0.2) is 0 Å². The third kappa shape index (κ3) is 3.87. The van der Waals surface area contributed by atoms with E-state index in [1.807, 2.05) is 5.32 Å². The summed E-state index contributed by atoms with van der Waals surface area (Å²) >= 11 is 0. The average Bonchev–Trinajstić information content (AvgIpc) is 3.57. The Balaban J connectivity index is 1.76. The van der Waals surface area contributed by atoms with E-state index in [2.05, 4.69) is 4.99 Å². The highest BCUT2D eigenvalue weighted by Gasteiger charge is 2.67. The van der Waals surface area contributed by atoms with Crippen LogP contribution in [-0.2, 0) is 16.1 Å². The topological polar surface area (TPSA) is 71.0 Å². The van der Waals surface area contributed by atoms with Crippen LogP contribution in [0.4, 0.5) is 13.2 Å². The van der Waals surface area contributed by atoms with E-state index in [1.54, 1.807) is 54.6 Å². The third-order valence-corrected chi connectivity index (χ3v) is 5.28. The molecule has 0 aromatic heterocycles. The predicted molar refractivity (Wildman–Crippen MR) is 106 cm³/mol. The van der Waals surface area contributed by atoms with Crippen LogP contribution in [0, 0.1) is 5.92 Å². The summed E-state index contributed by atoms with van der Waals surface area (Å²) < 4.78 is 47.8. The summed E-state index contributed by atoms with van der Waals surface area (Å²) in [7, 11) is 1.50. The molecule has 0 saturated heterocycles. The number of benzene rings is 2. The quantitative estimate of drug-likeness (QED) is 0.763. The molecule has 1 heterocycles. The minimum absolute atomic E-state index is 0.144. The van der Waals surface area contributed by atoms with E-state index in [0.717, 1.165) is 4.90 Å². The smallest absolute Gasteiger partial charge is 0.442 e. The van der Waals surface area contributed by atoms with Crippen molar-refractivity contribution in [1.29, 1.82) is 0 Å². The lowest BCUT2D eigenvalue weighted by molar-refractivity contribution is -0.200. The van der Waals surface area contributed by atoms with E-state index in [4.69, 9.17) is 4.74 Å². The minimum Gasteiger partial charge on any atom is -0.497 e. The van der Waals surface area contributed by atoms with E-state index < -0.39 is 29.6 Å². The summed E-state index contributed by atoms with van der Waals surface area (Å²) in [5, 5.41) is 1.92. The number of nitrogens with one attached hydrogen (secondary N) is 1. The first-order chi connectivity index (χ1) is 14.7. The predicted octanol–water partition coefficient (Wildman–Crippen LogP) is 3.27. The Morgan fingerprint density at radius 3 is 2.35 bits per heavy atom. The first kappa shape index (κ1) is 20.9. The molecule has 2 aliphatic rings. The van der Waals surface area contributed by atoms with Crippen LogP contribution in [0.15, 0.2) is 59.6 Å². The second kappa shape index (κ2) is 7.72. The number of nitrogens with zero attached hydrogens (tertiary/aromatic N) is 2. The van der Waals surface area contributed by atoms with Gasteiger partial charge < -0.3 is 10.1 Å². The molecule has 1 aliphatic heterocycles. The number of ether oxygens (including phenoxy) is 1. The van der Waals surface area contributed by atoms with Crippen molar-refractivity contribution in [3.05, 3.63) is 65.7 Å². The third-order valence-electron chi connectivity index (χ3n) is 5.28. The van der Waals surface area contributed by atoms with E-state index in [-0.39, 0.29) is 12.4 Å². The fourth-order valence-electron chi connectivity index (χ4n) is 3.39. The monoisotopic (exact) mass is 431 g/mol. The lowest BCUT2D eigenvalue weighted by atomic mass is 10.1. The summed E-state index contributed by atoms with van der Waals surface area (Å²) in [6.07, 6.45) is -4.11. The summed E-state index contributed by atoms with van der Waals surface area (Å²) in [5.41, 5.74) is -2.41. The Morgan fingerprint density at radius 2 is 1.81 bits per heavy atom. The van der Waals surface area contributed by atoms with Crippen molar-refractivity contribution in [1.82, 2.24) is 10.2 Å². The normalized spacial score (nSPS) is 21.1. The van der Waals surface area contributed by atoms with Gasteiger partial charge in [-0.2, -0.15) is 13.2 Å². The zero-order chi connectivity index (χ0) is 22.2. The molecular formula is C22H20F3N3O3. The van der Waals surface area contributed by atoms with E-state index in [9.17, 15) is 22.8 Å². The van der Waals surface area contributed by atoms with Crippen molar-refractivity contribution in [2.45, 2.75) is 31.2 Å². The molecule has 1 saturated carbocycles. The lowest BCUT2D eigenvalue weighted by Crippen LogP contribution is -2.63. The van der Waals surface area contributed by atoms with Crippen LogP contribution < -0.4 is 10.1 Å². The fourth-order valence-corrected chi connectivity index (χ4v) is 3.39. The van der Waals surface area contributed by atoms with Gasteiger partial charge >= 0.3 is 11.8 Å². The minimum atomic E-state index is -5.11. The van der Waals surface area contributed by atoms with Gasteiger partial charge in [-0.05, 0) is 30.5 Å². The number of halogens is 3. The Labute approximate surface area is 176 Å². The van der Waals surface area contributed by atoms with Gasteiger partial charge in [0.2, 0.25) is 5.91 Å². The number of hydrogen-bond acceptors (Lipinski definition) is 4. The van der Waals surface area contributed by atoms with Crippen molar-refractivity contribution in [3.8, 4) is 5.75 Å². The van der Waals surface area contributed by atoms with E-state index >= 15 is 0 Å². The number of carbonyl (C=O) groups is 2. The number of carbonyl (C=O) groups excluding carboxylic acids is 2. The van der Waals surface area contributed by atoms with Crippen molar-refractivity contribution < 1.29 is 27.5 Å². The Hall–Kier alpha value is -3.36. The standard InChI is InChI=1S/C22H20F3N3O3/c1-31-17-11-7-14(8-12-17)13-28-18(15-5-3-2-4-6-15)26-21(20(28)30,22(23,24)25)27-19(29)16-9-10-16/h2-8,11-12,16H,9-10,13H2,1H3,(H,27,29). The summed E-state index contributed by atoms with van der Waals surface area (Å²) in [6, 6.07) is 14.8. The van der Waals surface area contributed by atoms with Crippen LogP contribution >= 0.6 is 0 Å². The van der Waals surface area contributed by atoms with Crippen molar-refractivity contribution >= 4 is 17.6 Å². The maximum Gasteiger partial charge on any atom is 0.442 e. The van der Waals surface area contributed by atoms with Gasteiger partial charge in [-0.25, -0.2) is 4.99 Å². The molecule has 2 amide bonds. The zero-order valence-corrected chi connectivity index (χ0v) is 16.6. The zero-order valence-electron chi connectivity index (χ0n) is 16.6. The molecule has 4 rings (SSSR count). The van der Waals surface area contributed by atoms with Gasteiger partial charge in [-0.15, -0.1) is 0 Å². The SMILES string of the molecule is COc1ccc(CN2C(=O)C(NC(=O)C3CC3)(C(F)(F)F)N=C2c2ccccc2)cc1. The molecule has 1 atom stereocenters. The molecule has 1 N–H and O–H groups in total. The Kier molecular flexibility index (Phi) is 5.20. The molecule has 1 fully saturated rings. The van der Waals surface area contributed by atoms with Gasteiger partial charge in [0, 0.05) is 11.5 Å². The number of amides is 2. The lowest BCUT2D eigenvalue weighted by Gasteiger charge is -2.29. The molecule has 0 bridgehead atoms. The molecule has 162 valence electrons. The summed E-state index contributed by atoms with van der Waals surface area (Å²) in [5.74, 6) is -2.22. The molecule has 1 unspecified atom stereocenters. The van der Waals surface area contributed by atoms with Crippen LogP contribution in [0.25, 0.3) is 0 Å². The molecule has 0 radical (unpaired) electrons. The fraction of sp³-hybridized carbons (Fsp3) is 0.318. The van der Waals surface area contributed by atoms with E-state index in [1.165, 1.54) is 7.11 Å². The maximum atomic E-state index is 14.2. The van der Waals surface area contributed by atoms with Crippen LogP contribution in [0.1, 0.15) is 24.0 Å². The molecule has 6 nitrogen and oxygen atoms in total. The molecule has 31 heavy (non-hydrogen) atoms. The average molecular weight is 431 g/mol. The first-order valence-electron chi connectivity index (χ1n) is 9.74. The van der Waals surface area contributed by atoms with Crippen LogP contribution in [0.3, 0.4) is 0 Å². The summed E-state index contributed by atoms with van der Waals surface area (Å²) in [4.78, 5) is 30.3. The van der Waals surface area contributed by atoms with E-state index in [0.29, 0.717) is 29.7 Å². The number of hydrogen-bond donors (Lipinski definition) is 1. The Morgan fingerprint density at radius 1 is 1.16 bits per heavy atom. The van der Waals surface area contributed by atoms with Crippen LogP contribution in [0.5, 0.6) is 5.75 Å². The number of methoxy groups -OCH3 is 1. The first-order valence-corrected chi connectivity index (χ1v) is 9.74. The number of alkyl halides is 3. The maximum absolute atomic E-state index is 14.2. The highest BCUT2D eigenvalue weighted by atomic mass is 19.4. The van der Waals surface area contributed by atoms with Gasteiger partial charge in [0.1, 0.15) is 11.6 Å². The molecule has 2 aromatic rings. The second-order valence-corrected chi connectivity index (χ2v) is 7.51. The van der Waals surface area contributed by atoms with Crippen molar-refractivity contribution in [2.24, 2.45) is 10.9 Å². The van der Waals surface area contributed by atoms with Crippen molar-refractivity contribution in [2.75, 3.05) is 7.11 Å². The Bertz CT molecular complexity index is 1020. The highest BCUT2D eigenvalue weighted by Crippen LogP contribution is 2.40. The number of amidine groups is 1. The largest absolute Gasteiger partial charge is 0.497 e. The summed E-state index contributed by atoms with van der Waals surface area (Å²) in [6.45, 7) is -0.145. The molecule has 0 spiro atoms. The number of aliphatic imine (C=N–C) groups is 1. The van der Waals surface area contributed by atoms with Gasteiger partial charge in [0.25, 0.3) is 5.91 Å². The molecule has 2 aromatic carbocycles. The molecule has 9 heteroatoms. The number of rotatable bonds is 6. The van der Waals surface area contributed by atoms with Crippen LogP contribution in [-0.4, -0.2) is 41.5 Å². The highest BCUT2D eigenvalue weighted by molar-refractivity contribution is 6.16. The van der Waals surface area contributed by atoms with Crippen LogP contribution in [0.2, 0.25) is 0 Å². The van der Waals surface area contributed by atoms with Gasteiger partial charge in [0.05, 0.1) is 13.7 Å². The van der Waals surface area contributed by atoms with Crippen molar-refractivity contribution in [3.63, 3.8) is 0 Å². The molecular weight excluding hydrogens is 411 g/mol. The second-order valence-electron chi connectivity index (χ2n) is 7.51.